The van der Waals surface area contributed by atoms with E-state index in [4.69, 9.17) is 0 Å². The number of aromatic nitrogens is 3. The summed E-state index contributed by atoms with van der Waals surface area (Å²) in [7, 11) is 1.75. The second kappa shape index (κ2) is 7.51. The van der Waals surface area contributed by atoms with Gasteiger partial charge in [-0.15, -0.1) is 5.10 Å². The molecule has 0 N–H and O–H groups in total. The zero-order valence-electron chi connectivity index (χ0n) is 16.5. The Morgan fingerprint density at radius 2 is 2.00 bits per heavy atom. The van der Waals surface area contributed by atoms with Crippen molar-refractivity contribution in [3.63, 3.8) is 0 Å². The van der Waals surface area contributed by atoms with E-state index in [2.05, 4.69) is 15.2 Å². The van der Waals surface area contributed by atoms with Crippen molar-refractivity contribution >= 4 is 5.91 Å². The van der Waals surface area contributed by atoms with Crippen molar-refractivity contribution in [2.24, 2.45) is 0 Å². The van der Waals surface area contributed by atoms with Gasteiger partial charge in [-0.2, -0.15) is 18.3 Å². The van der Waals surface area contributed by atoms with Crippen molar-refractivity contribution in [1.82, 2.24) is 20.1 Å². The molecule has 3 heterocycles. The number of nitrogens with zero attached hydrogens (tertiary/aromatic N) is 4. The molecule has 4 rings (SSSR count). The minimum Gasteiger partial charge on any atom is -0.341 e. The highest BCUT2D eigenvalue weighted by molar-refractivity contribution is 5.98. The maximum Gasteiger partial charge on any atom is 0.416 e. The second-order valence-corrected chi connectivity index (χ2v) is 7.38. The van der Waals surface area contributed by atoms with Crippen molar-refractivity contribution in [2.45, 2.75) is 25.9 Å². The molecule has 5 nitrogen and oxygen atoms in total. The third kappa shape index (κ3) is 3.65. The Labute approximate surface area is 171 Å². The van der Waals surface area contributed by atoms with Gasteiger partial charge >= 0.3 is 6.18 Å². The first-order valence-corrected chi connectivity index (χ1v) is 9.46. The van der Waals surface area contributed by atoms with Crippen molar-refractivity contribution in [1.29, 1.82) is 0 Å². The summed E-state index contributed by atoms with van der Waals surface area (Å²) < 4.78 is 39.6. The van der Waals surface area contributed by atoms with E-state index in [0.717, 1.165) is 17.2 Å². The highest BCUT2D eigenvalue weighted by atomic mass is 19.4. The number of fused-ring (bicyclic) bond motifs is 1. The summed E-state index contributed by atoms with van der Waals surface area (Å²) in [4.78, 5) is 18.5. The number of rotatable bonds is 3. The fourth-order valence-electron chi connectivity index (χ4n) is 3.77. The van der Waals surface area contributed by atoms with E-state index in [0.29, 0.717) is 35.5 Å². The summed E-state index contributed by atoms with van der Waals surface area (Å²) in [6, 6.07) is 7.65. The summed E-state index contributed by atoms with van der Waals surface area (Å²) in [5.74, 6) is -0.0661. The molecule has 30 heavy (non-hydrogen) atoms. The Hall–Kier alpha value is -3.29. The molecule has 1 aliphatic rings. The molecule has 0 aliphatic carbocycles. The van der Waals surface area contributed by atoms with Crippen molar-refractivity contribution in [2.75, 3.05) is 13.6 Å². The van der Waals surface area contributed by atoms with Crippen molar-refractivity contribution in [3.05, 3.63) is 76.1 Å². The SMILES string of the molecule is Cc1c(Cc2cnnc(-c3nccc4c3CCN(C)C4=O)c2)cccc1C(F)(F)F. The molecule has 0 saturated heterocycles. The second-order valence-electron chi connectivity index (χ2n) is 7.38. The van der Waals surface area contributed by atoms with E-state index in [1.807, 2.05) is 0 Å². The average Bonchev–Trinajstić information content (AvgIpc) is 2.71. The Kier molecular flexibility index (Phi) is 5.01. The molecule has 2 aromatic heterocycles. The summed E-state index contributed by atoms with van der Waals surface area (Å²) >= 11 is 0. The number of pyridine rings is 1. The van der Waals surface area contributed by atoms with Crippen LogP contribution in [0.1, 0.15) is 38.2 Å². The van der Waals surface area contributed by atoms with Crippen LogP contribution in [0.2, 0.25) is 0 Å². The topological polar surface area (TPSA) is 59.0 Å². The number of hydrogen-bond donors (Lipinski definition) is 0. The molecule has 8 heteroatoms. The van der Waals surface area contributed by atoms with Gasteiger partial charge in [0.1, 0.15) is 5.69 Å². The van der Waals surface area contributed by atoms with Gasteiger partial charge in [0.05, 0.1) is 17.5 Å². The van der Waals surface area contributed by atoms with E-state index in [9.17, 15) is 18.0 Å². The van der Waals surface area contributed by atoms with Crippen molar-refractivity contribution in [3.8, 4) is 11.4 Å². The van der Waals surface area contributed by atoms with Gasteiger partial charge in [0.15, 0.2) is 0 Å². The zero-order chi connectivity index (χ0) is 21.5. The van der Waals surface area contributed by atoms with Crippen LogP contribution in [0.5, 0.6) is 0 Å². The van der Waals surface area contributed by atoms with Gasteiger partial charge in [0, 0.05) is 25.4 Å². The fraction of sp³-hybridized carbons (Fsp3) is 0.273. The highest BCUT2D eigenvalue weighted by Crippen LogP contribution is 2.34. The molecular weight excluding hydrogens is 393 g/mol. The van der Waals surface area contributed by atoms with Crippen LogP contribution in [-0.4, -0.2) is 39.6 Å². The molecule has 0 bridgehead atoms. The lowest BCUT2D eigenvalue weighted by Crippen LogP contribution is -2.34. The molecule has 1 amide bonds. The molecule has 1 aromatic carbocycles. The van der Waals surface area contributed by atoms with Crippen LogP contribution < -0.4 is 0 Å². The summed E-state index contributed by atoms with van der Waals surface area (Å²) in [5.41, 5.74) is 3.37. The molecular formula is C22H19F3N4O. The minimum atomic E-state index is -4.39. The first-order valence-electron chi connectivity index (χ1n) is 9.46. The largest absolute Gasteiger partial charge is 0.416 e. The first-order chi connectivity index (χ1) is 14.3. The van der Waals surface area contributed by atoms with Crippen LogP contribution >= 0.6 is 0 Å². The van der Waals surface area contributed by atoms with Gasteiger partial charge in [-0.05, 0) is 60.2 Å². The number of amides is 1. The number of halogens is 3. The molecule has 0 radical (unpaired) electrons. The fourth-order valence-corrected chi connectivity index (χ4v) is 3.77. The summed E-state index contributed by atoms with van der Waals surface area (Å²) in [6.45, 7) is 2.06. The monoisotopic (exact) mass is 412 g/mol. The molecule has 0 saturated carbocycles. The van der Waals surface area contributed by atoms with Crippen LogP contribution in [0.3, 0.4) is 0 Å². The minimum absolute atomic E-state index is 0.0661. The van der Waals surface area contributed by atoms with Crippen LogP contribution in [0.25, 0.3) is 11.4 Å². The third-order valence-corrected chi connectivity index (χ3v) is 5.43. The first kappa shape index (κ1) is 20.0. The molecule has 1 aliphatic heterocycles. The number of benzene rings is 1. The standard InChI is InChI=1S/C22H19F3N4O/c1-13-15(4-3-5-18(13)22(23,24)25)10-14-11-19(28-27-12-14)20-16-7-9-29(2)21(30)17(16)6-8-26-20/h3-6,8,11-12H,7,9-10H2,1-2H3. The maximum absolute atomic E-state index is 13.2. The lowest BCUT2D eigenvalue weighted by atomic mass is 9.95. The quantitative estimate of drug-likeness (QED) is 0.650. The molecule has 0 atom stereocenters. The van der Waals surface area contributed by atoms with Gasteiger partial charge in [0.25, 0.3) is 5.91 Å². The predicted octanol–water partition coefficient (Wildman–Crippen LogP) is 4.08. The molecule has 0 fully saturated rings. The molecule has 3 aromatic rings. The molecule has 0 spiro atoms. The van der Waals surface area contributed by atoms with Gasteiger partial charge in [0.2, 0.25) is 0 Å². The molecule has 154 valence electrons. The Morgan fingerprint density at radius 3 is 2.77 bits per heavy atom. The lowest BCUT2D eigenvalue weighted by molar-refractivity contribution is -0.138. The van der Waals surface area contributed by atoms with E-state index < -0.39 is 11.7 Å². The van der Waals surface area contributed by atoms with E-state index in [-0.39, 0.29) is 17.9 Å². The lowest BCUT2D eigenvalue weighted by Gasteiger charge is -2.25. The zero-order valence-corrected chi connectivity index (χ0v) is 16.5. The van der Waals surface area contributed by atoms with Gasteiger partial charge < -0.3 is 4.90 Å². The number of hydrogen-bond acceptors (Lipinski definition) is 4. The predicted molar refractivity (Wildman–Crippen MR) is 105 cm³/mol. The summed E-state index contributed by atoms with van der Waals surface area (Å²) in [6.07, 6.45) is -0.350. The van der Waals surface area contributed by atoms with Crippen LogP contribution in [0.15, 0.2) is 42.7 Å². The van der Waals surface area contributed by atoms with Gasteiger partial charge in [-0.25, -0.2) is 0 Å². The van der Waals surface area contributed by atoms with Gasteiger partial charge in [-0.1, -0.05) is 12.1 Å². The van der Waals surface area contributed by atoms with E-state index in [1.54, 1.807) is 36.3 Å². The van der Waals surface area contributed by atoms with E-state index in [1.165, 1.54) is 19.2 Å². The third-order valence-electron chi connectivity index (χ3n) is 5.43. The van der Waals surface area contributed by atoms with Crippen LogP contribution in [0.4, 0.5) is 13.2 Å². The van der Waals surface area contributed by atoms with Crippen LogP contribution in [-0.2, 0) is 19.0 Å². The summed E-state index contributed by atoms with van der Waals surface area (Å²) in [5, 5.41) is 8.20. The van der Waals surface area contributed by atoms with E-state index >= 15 is 0 Å². The number of carbonyl (C=O) groups is 1. The Balaban J connectivity index is 1.70. The number of alkyl halides is 3. The molecule has 0 unspecified atom stereocenters. The highest BCUT2D eigenvalue weighted by Gasteiger charge is 2.32. The average molecular weight is 412 g/mol. The van der Waals surface area contributed by atoms with Crippen LogP contribution in [0, 0.1) is 6.92 Å². The Bertz CT molecular complexity index is 1130. The maximum atomic E-state index is 13.2. The van der Waals surface area contributed by atoms with Gasteiger partial charge in [-0.3, -0.25) is 9.78 Å². The van der Waals surface area contributed by atoms with Crippen molar-refractivity contribution < 1.29 is 18.0 Å². The number of carbonyl (C=O) groups excluding carboxylic acids is 1. The number of likely N-dealkylation sites (N-methyl/N-ethyl adjacent to an activating group) is 1. The normalized spacial score (nSPS) is 14.0. The Morgan fingerprint density at radius 1 is 1.20 bits per heavy atom. The smallest absolute Gasteiger partial charge is 0.341 e.